The number of anilines is 1. The van der Waals surface area contributed by atoms with Gasteiger partial charge >= 0.3 is 0 Å². The number of hydrogen-bond donors (Lipinski definition) is 2. The number of fused-ring (bicyclic) bond motifs is 1. The van der Waals surface area contributed by atoms with Crippen molar-refractivity contribution in [2.45, 2.75) is 37.8 Å². The molecule has 3 rings (SSSR count). The van der Waals surface area contributed by atoms with Gasteiger partial charge in [0, 0.05) is 12.6 Å². The second kappa shape index (κ2) is 7.82. The highest BCUT2D eigenvalue weighted by Crippen LogP contribution is 2.18. The van der Waals surface area contributed by atoms with Crippen molar-refractivity contribution in [2.75, 3.05) is 5.32 Å². The molecule has 0 aliphatic rings. The van der Waals surface area contributed by atoms with Gasteiger partial charge in [0.25, 0.3) is 5.56 Å². The first kappa shape index (κ1) is 20.2. The fraction of sp³-hybridized carbons (Fsp3) is 0.294. The zero-order valence-electron chi connectivity index (χ0n) is 15.3. The quantitative estimate of drug-likeness (QED) is 0.581. The van der Waals surface area contributed by atoms with Crippen molar-refractivity contribution >= 4 is 38.6 Å². The molecule has 28 heavy (non-hydrogen) atoms. The lowest BCUT2D eigenvalue weighted by molar-refractivity contribution is 0.526. The van der Waals surface area contributed by atoms with Gasteiger partial charge in [0.05, 0.1) is 11.1 Å². The van der Waals surface area contributed by atoms with Crippen LogP contribution in [-0.2, 0) is 16.6 Å². The molecule has 148 valence electrons. The minimum atomic E-state index is -3.75. The molecule has 2 heterocycles. The van der Waals surface area contributed by atoms with Crippen LogP contribution in [-0.4, -0.2) is 27.9 Å². The summed E-state index contributed by atoms with van der Waals surface area (Å²) in [5.41, 5.74) is 1.26. The standard InChI is InChI=1S/C17H19ClN6O3S/c1-3-10(2)24-15-13(9-21-17(18)23-15)22-14(16(24)25)20-8-11-4-6-12(7-5-11)28(19,26)27/h4-7,9-10H,3,8H2,1-2H3,(H,20,22)(H2,19,26,27)/t10-/m1/s1. The van der Waals surface area contributed by atoms with Crippen molar-refractivity contribution in [1.82, 2.24) is 19.5 Å². The summed E-state index contributed by atoms with van der Waals surface area (Å²) in [5, 5.41) is 8.14. The Morgan fingerprint density at radius 2 is 1.93 bits per heavy atom. The Morgan fingerprint density at radius 3 is 2.54 bits per heavy atom. The van der Waals surface area contributed by atoms with E-state index in [-0.39, 0.29) is 34.1 Å². The molecule has 11 heteroatoms. The van der Waals surface area contributed by atoms with Crippen LogP contribution in [0, 0.1) is 0 Å². The number of hydrogen-bond acceptors (Lipinski definition) is 7. The van der Waals surface area contributed by atoms with E-state index in [2.05, 4.69) is 20.3 Å². The summed E-state index contributed by atoms with van der Waals surface area (Å²) in [7, 11) is -3.75. The highest BCUT2D eigenvalue weighted by atomic mass is 35.5. The molecule has 0 bridgehead atoms. The summed E-state index contributed by atoms with van der Waals surface area (Å²) in [6.07, 6.45) is 2.18. The number of nitrogens with one attached hydrogen (secondary N) is 1. The number of benzene rings is 1. The fourth-order valence-corrected chi connectivity index (χ4v) is 3.31. The van der Waals surface area contributed by atoms with E-state index in [1.807, 2.05) is 13.8 Å². The van der Waals surface area contributed by atoms with Crippen LogP contribution >= 0.6 is 11.6 Å². The summed E-state index contributed by atoms with van der Waals surface area (Å²) < 4.78 is 24.2. The monoisotopic (exact) mass is 422 g/mol. The van der Waals surface area contributed by atoms with E-state index in [1.165, 1.54) is 18.3 Å². The van der Waals surface area contributed by atoms with Crippen molar-refractivity contribution < 1.29 is 8.42 Å². The SMILES string of the molecule is CC[C@@H](C)n1c(=O)c(NCc2ccc(S(N)(=O)=O)cc2)nc2cnc(Cl)nc21. The van der Waals surface area contributed by atoms with Gasteiger partial charge in [0.1, 0.15) is 5.52 Å². The van der Waals surface area contributed by atoms with E-state index >= 15 is 0 Å². The molecule has 9 nitrogen and oxygen atoms in total. The number of primary sulfonamides is 1. The first-order chi connectivity index (χ1) is 13.2. The van der Waals surface area contributed by atoms with Crippen LogP contribution in [0.5, 0.6) is 0 Å². The third-order valence-electron chi connectivity index (χ3n) is 4.35. The third-order valence-corrected chi connectivity index (χ3v) is 5.46. The van der Waals surface area contributed by atoms with E-state index < -0.39 is 10.0 Å². The zero-order chi connectivity index (χ0) is 20.5. The molecule has 0 spiro atoms. The maximum absolute atomic E-state index is 12.9. The normalized spacial score (nSPS) is 12.9. The molecule has 0 fully saturated rings. The van der Waals surface area contributed by atoms with Crippen LogP contribution < -0.4 is 16.0 Å². The van der Waals surface area contributed by atoms with Crippen molar-refractivity contribution in [3.8, 4) is 0 Å². The van der Waals surface area contributed by atoms with Crippen LogP contribution in [0.4, 0.5) is 5.82 Å². The van der Waals surface area contributed by atoms with Gasteiger partial charge in [-0.25, -0.2) is 23.5 Å². The Morgan fingerprint density at radius 1 is 1.25 bits per heavy atom. The van der Waals surface area contributed by atoms with Crippen molar-refractivity contribution in [2.24, 2.45) is 5.14 Å². The van der Waals surface area contributed by atoms with E-state index in [0.29, 0.717) is 11.2 Å². The summed E-state index contributed by atoms with van der Waals surface area (Å²) in [6.45, 7) is 4.15. The number of halogens is 1. The molecule has 0 saturated heterocycles. The molecule has 2 aromatic heterocycles. The van der Waals surface area contributed by atoms with Gasteiger partial charge in [0.15, 0.2) is 11.5 Å². The third kappa shape index (κ3) is 4.13. The maximum Gasteiger partial charge on any atom is 0.295 e. The average molecular weight is 423 g/mol. The number of aromatic nitrogens is 4. The molecule has 0 unspecified atom stereocenters. The Kier molecular flexibility index (Phi) is 5.64. The lowest BCUT2D eigenvalue weighted by atomic mass is 10.2. The largest absolute Gasteiger partial charge is 0.361 e. The summed E-state index contributed by atoms with van der Waals surface area (Å²) >= 11 is 5.88. The predicted octanol–water partition coefficient (Wildman–Crippen LogP) is 2.07. The number of rotatable bonds is 6. The van der Waals surface area contributed by atoms with Gasteiger partial charge in [-0.1, -0.05) is 19.1 Å². The molecule has 1 atom stereocenters. The van der Waals surface area contributed by atoms with Crippen LogP contribution in [0.2, 0.25) is 5.28 Å². The van der Waals surface area contributed by atoms with Gasteiger partial charge in [-0.15, -0.1) is 0 Å². The lowest BCUT2D eigenvalue weighted by Crippen LogP contribution is -2.28. The minimum absolute atomic E-state index is 0.0215. The summed E-state index contributed by atoms with van der Waals surface area (Å²) in [5.74, 6) is 0.147. The highest BCUT2D eigenvalue weighted by Gasteiger charge is 2.17. The smallest absolute Gasteiger partial charge is 0.295 e. The van der Waals surface area contributed by atoms with Gasteiger partial charge in [-0.05, 0) is 42.6 Å². The molecule has 0 aliphatic carbocycles. The second-order valence-electron chi connectivity index (χ2n) is 6.28. The molecular weight excluding hydrogens is 404 g/mol. The lowest BCUT2D eigenvalue weighted by Gasteiger charge is -2.17. The molecule has 0 radical (unpaired) electrons. The van der Waals surface area contributed by atoms with Crippen LogP contribution in [0.3, 0.4) is 0 Å². The zero-order valence-corrected chi connectivity index (χ0v) is 16.8. The van der Waals surface area contributed by atoms with Crippen molar-refractivity contribution in [3.63, 3.8) is 0 Å². The molecule has 3 aromatic rings. The average Bonchev–Trinajstić information content (AvgIpc) is 2.65. The summed E-state index contributed by atoms with van der Waals surface area (Å²) in [4.78, 5) is 25.4. The Labute approximate surface area is 166 Å². The number of nitrogens with two attached hydrogens (primary N) is 1. The predicted molar refractivity (Wildman–Crippen MR) is 107 cm³/mol. The van der Waals surface area contributed by atoms with Gasteiger partial charge in [-0.3, -0.25) is 9.36 Å². The van der Waals surface area contributed by atoms with E-state index in [0.717, 1.165) is 12.0 Å². The van der Waals surface area contributed by atoms with Gasteiger partial charge in [-0.2, -0.15) is 4.98 Å². The first-order valence-corrected chi connectivity index (χ1v) is 10.4. The minimum Gasteiger partial charge on any atom is -0.361 e. The highest BCUT2D eigenvalue weighted by molar-refractivity contribution is 7.89. The Hall–Kier alpha value is -2.56. The first-order valence-electron chi connectivity index (χ1n) is 8.51. The van der Waals surface area contributed by atoms with E-state index in [1.54, 1.807) is 16.7 Å². The Bertz CT molecular complexity index is 1180. The number of sulfonamides is 1. The molecule has 1 aromatic carbocycles. The fourth-order valence-electron chi connectivity index (χ4n) is 2.67. The summed E-state index contributed by atoms with van der Waals surface area (Å²) in [6, 6.07) is 5.94. The Balaban J connectivity index is 1.96. The van der Waals surface area contributed by atoms with Crippen LogP contribution in [0.15, 0.2) is 40.2 Å². The second-order valence-corrected chi connectivity index (χ2v) is 8.18. The van der Waals surface area contributed by atoms with Crippen molar-refractivity contribution in [1.29, 1.82) is 0 Å². The van der Waals surface area contributed by atoms with Crippen LogP contribution in [0.1, 0.15) is 31.9 Å². The molecule has 0 amide bonds. The van der Waals surface area contributed by atoms with Crippen LogP contribution in [0.25, 0.3) is 11.2 Å². The van der Waals surface area contributed by atoms with E-state index in [9.17, 15) is 13.2 Å². The molecule has 3 N–H and O–H groups in total. The topological polar surface area (TPSA) is 133 Å². The van der Waals surface area contributed by atoms with Gasteiger partial charge < -0.3 is 5.32 Å². The van der Waals surface area contributed by atoms with Crippen molar-refractivity contribution in [3.05, 3.63) is 51.7 Å². The molecular formula is C17H19ClN6O3S. The van der Waals surface area contributed by atoms with E-state index in [4.69, 9.17) is 16.7 Å². The molecule has 0 saturated carbocycles. The number of nitrogens with zero attached hydrogens (tertiary/aromatic N) is 4. The molecule has 0 aliphatic heterocycles. The van der Waals surface area contributed by atoms with Gasteiger partial charge in [0.2, 0.25) is 15.3 Å². The maximum atomic E-state index is 12.9.